The van der Waals surface area contributed by atoms with Crippen LogP contribution in [0.4, 0.5) is 9.59 Å². The number of hydrogen-bond donors (Lipinski definition) is 1. The van der Waals surface area contributed by atoms with Gasteiger partial charge in [-0.15, -0.1) is 0 Å². The van der Waals surface area contributed by atoms with Crippen molar-refractivity contribution in [3.63, 3.8) is 0 Å². The van der Waals surface area contributed by atoms with E-state index in [4.69, 9.17) is 18.3 Å². The number of nitrogens with zero attached hydrogens (tertiary/aromatic N) is 2. The first-order chi connectivity index (χ1) is 13.7. The molecule has 0 bridgehead atoms. The van der Waals surface area contributed by atoms with Gasteiger partial charge < -0.3 is 24.6 Å². The van der Waals surface area contributed by atoms with Crippen LogP contribution in [-0.2, 0) is 32.4 Å². The van der Waals surface area contributed by atoms with Crippen molar-refractivity contribution in [2.24, 2.45) is 0 Å². The largest absolute Gasteiger partial charge is 0.474 e. The van der Waals surface area contributed by atoms with E-state index >= 15 is 0 Å². The van der Waals surface area contributed by atoms with E-state index in [0.29, 0.717) is 19.3 Å². The summed E-state index contributed by atoms with van der Waals surface area (Å²) in [7, 11) is 3.30. The summed E-state index contributed by atoms with van der Waals surface area (Å²) in [5, 5.41) is 2.50. The summed E-state index contributed by atoms with van der Waals surface area (Å²) in [5.74, 6) is -0.0834. The predicted molar refractivity (Wildman–Crippen MR) is 103 cm³/mol. The van der Waals surface area contributed by atoms with Crippen LogP contribution in [0.5, 0.6) is 0 Å². The Morgan fingerprint density at radius 2 is 1.48 bits per heavy atom. The number of nitrogens with one attached hydrogen (secondary N) is 1. The Balaban J connectivity index is 4.05. The highest BCUT2D eigenvalue weighted by molar-refractivity contribution is 7.48. The Labute approximate surface area is 171 Å². The second-order valence-electron chi connectivity index (χ2n) is 5.85. The predicted octanol–water partition coefficient (Wildman–Crippen LogP) is 1.46. The summed E-state index contributed by atoms with van der Waals surface area (Å²) < 4.78 is 36.7. The van der Waals surface area contributed by atoms with Crippen LogP contribution in [0.25, 0.3) is 0 Å². The van der Waals surface area contributed by atoms with Crippen molar-refractivity contribution in [1.82, 2.24) is 15.1 Å². The van der Waals surface area contributed by atoms with Crippen molar-refractivity contribution < 1.29 is 42.0 Å². The topological polar surface area (TPSA) is 133 Å². The van der Waals surface area contributed by atoms with E-state index in [1.54, 1.807) is 14.1 Å². The minimum Gasteiger partial charge on any atom is -0.453 e. The monoisotopic (exact) mass is 441 g/mol. The molecule has 0 aromatic carbocycles. The molecular formula is C16H32N3O9P. The quantitative estimate of drug-likeness (QED) is 0.314. The van der Waals surface area contributed by atoms with Gasteiger partial charge in [0, 0.05) is 47.8 Å². The van der Waals surface area contributed by atoms with Gasteiger partial charge in [-0.1, -0.05) is 0 Å². The molecule has 0 aliphatic rings. The summed E-state index contributed by atoms with van der Waals surface area (Å²) in [4.78, 5) is 36.8. The van der Waals surface area contributed by atoms with E-state index in [0.717, 1.165) is 0 Å². The molecule has 0 aliphatic heterocycles. The highest BCUT2D eigenvalue weighted by Crippen LogP contribution is 2.48. The maximum Gasteiger partial charge on any atom is 0.474 e. The van der Waals surface area contributed by atoms with Gasteiger partial charge in [0.05, 0.1) is 20.3 Å². The van der Waals surface area contributed by atoms with Gasteiger partial charge in [-0.2, -0.15) is 0 Å². The molecule has 1 atom stereocenters. The van der Waals surface area contributed by atoms with Gasteiger partial charge >= 0.3 is 20.0 Å². The lowest BCUT2D eigenvalue weighted by Gasteiger charge is -2.21. The van der Waals surface area contributed by atoms with Crippen LogP contribution in [0.15, 0.2) is 0 Å². The van der Waals surface area contributed by atoms with Crippen molar-refractivity contribution >= 4 is 25.9 Å². The third kappa shape index (κ3) is 12.3. The summed E-state index contributed by atoms with van der Waals surface area (Å²) in [6, 6.07) is 0. The molecule has 13 heteroatoms. The number of phosphoric ester groups is 1. The summed E-state index contributed by atoms with van der Waals surface area (Å²) in [6.07, 6.45) is 0.276. The zero-order valence-corrected chi connectivity index (χ0v) is 18.6. The maximum atomic E-state index is 12.2. The van der Waals surface area contributed by atoms with Crippen LogP contribution in [0, 0.1) is 0 Å². The zero-order valence-electron chi connectivity index (χ0n) is 17.7. The Morgan fingerprint density at radius 1 is 0.897 bits per heavy atom. The molecule has 0 saturated carbocycles. The summed E-state index contributed by atoms with van der Waals surface area (Å²) in [6.45, 7) is 0.245. The molecule has 0 aromatic rings. The molecule has 0 radical (unpaired) electrons. The molecule has 170 valence electrons. The number of amides is 3. The van der Waals surface area contributed by atoms with Crippen LogP contribution in [-0.4, -0.2) is 96.2 Å². The first-order valence-corrected chi connectivity index (χ1v) is 10.5. The third-order valence-corrected chi connectivity index (χ3v) is 5.12. The van der Waals surface area contributed by atoms with Gasteiger partial charge in [0.1, 0.15) is 6.61 Å². The smallest absolute Gasteiger partial charge is 0.453 e. The van der Waals surface area contributed by atoms with Crippen LogP contribution in [0.3, 0.4) is 0 Å². The lowest BCUT2D eigenvalue weighted by Crippen LogP contribution is -2.37. The second-order valence-corrected chi connectivity index (χ2v) is 7.63. The molecule has 0 saturated heterocycles. The fraction of sp³-hybridized carbons (Fsp3) is 0.812. The van der Waals surface area contributed by atoms with Gasteiger partial charge in [-0.05, 0) is 12.8 Å². The van der Waals surface area contributed by atoms with Gasteiger partial charge in [0.25, 0.3) is 0 Å². The van der Waals surface area contributed by atoms with Crippen LogP contribution in [0.1, 0.15) is 19.3 Å². The van der Waals surface area contributed by atoms with E-state index in [1.165, 1.54) is 31.1 Å². The van der Waals surface area contributed by atoms with Crippen molar-refractivity contribution in [2.75, 3.05) is 68.3 Å². The van der Waals surface area contributed by atoms with Crippen molar-refractivity contribution in [3.05, 3.63) is 0 Å². The summed E-state index contributed by atoms with van der Waals surface area (Å²) >= 11 is 0. The molecule has 0 aromatic heterocycles. The van der Waals surface area contributed by atoms with Crippen molar-refractivity contribution in [1.29, 1.82) is 0 Å². The van der Waals surface area contributed by atoms with E-state index in [2.05, 4.69) is 10.1 Å². The molecule has 0 fully saturated rings. The average molecular weight is 441 g/mol. The Kier molecular flexibility index (Phi) is 14.1. The summed E-state index contributed by atoms with van der Waals surface area (Å²) in [5.41, 5.74) is 0. The standard InChI is InChI=1S/C16H32N3O9P/c1-17-14(20)8-6-7-11-27-29(23,25-5)28-13-12-26-16(22)19(3)10-9-18(2)15(21)24-4/h6-13H2,1-5H3,(H,17,20). The van der Waals surface area contributed by atoms with Crippen LogP contribution in [0.2, 0.25) is 0 Å². The molecule has 29 heavy (non-hydrogen) atoms. The minimum atomic E-state index is -3.76. The highest BCUT2D eigenvalue weighted by atomic mass is 31.2. The number of rotatable bonds is 14. The van der Waals surface area contributed by atoms with Crippen LogP contribution < -0.4 is 5.32 Å². The fourth-order valence-corrected chi connectivity index (χ4v) is 2.79. The van der Waals surface area contributed by atoms with Crippen molar-refractivity contribution in [2.45, 2.75) is 19.3 Å². The number of unbranched alkanes of at least 4 members (excludes halogenated alkanes) is 1. The molecule has 0 aliphatic carbocycles. The van der Waals surface area contributed by atoms with E-state index in [1.807, 2.05) is 0 Å². The van der Waals surface area contributed by atoms with Crippen LogP contribution >= 0.6 is 7.82 Å². The minimum absolute atomic E-state index is 0.0834. The average Bonchev–Trinajstić information content (AvgIpc) is 2.73. The van der Waals surface area contributed by atoms with Gasteiger partial charge in [-0.25, -0.2) is 14.2 Å². The molecule has 0 spiro atoms. The van der Waals surface area contributed by atoms with Gasteiger partial charge in [-0.3, -0.25) is 18.4 Å². The number of phosphoric acid groups is 1. The van der Waals surface area contributed by atoms with Gasteiger partial charge in [0.15, 0.2) is 0 Å². The zero-order chi connectivity index (χ0) is 22.3. The number of hydrogen-bond acceptors (Lipinski definition) is 9. The molecule has 0 heterocycles. The first-order valence-electron chi connectivity index (χ1n) is 9.01. The first kappa shape index (κ1) is 27.1. The molecular weight excluding hydrogens is 409 g/mol. The molecule has 0 rings (SSSR count). The number of carbonyl (C=O) groups excluding carboxylic acids is 3. The molecule has 1 N–H and O–H groups in total. The SMILES string of the molecule is CNC(=O)CCCCOP(=O)(OC)OCCOC(=O)N(C)CCN(C)C(=O)OC. The lowest BCUT2D eigenvalue weighted by atomic mass is 10.2. The molecule has 3 amide bonds. The Bertz CT molecular complexity index is 562. The highest BCUT2D eigenvalue weighted by Gasteiger charge is 2.25. The third-order valence-electron chi connectivity index (χ3n) is 3.68. The van der Waals surface area contributed by atoms with Crippen molar-refractivity contribution in [3.8, 4) is 0 Å². The number of ether oxygens (including phenoxy) is 2. The van der Waals surface area contributed by atoms with E-state index in [-0.39, 0.29) is 38.8 Å². The van der Waals surface area contributed by atoms with Gasteiger partial charge in [0.2, 0.25) is 5.91 Å². The molecule has 12 nitrogen and oxygen atoms in total. The fourth-order valence-electron chi connectivity index (χ4n) is 1.86. The van der Waals surface area contributed by atoms with E-state index < -0.39 is 20.0 Å². The lowest BCUT2D eigenvalue weighted by molar-refractivity contribution is -0.120. The number of carbonyl (C=O) groups is 3. The number of likely N-dealkylation sites (N-methyl/N-ethyl adjacent to an activating group) is 2. The Morgan fingerprint density at radius 3 is 2.03 bits per heavy atom. The normalized spacial score (nSPS) is 12.6. The van der Waals surface area contributed by atoms with E-state index in [9.17, 15) is 18.9 Å². The maximum absolute atomic E-state index is 12.2. The molecule has 1 unspecified atom stereocenters. The second kappa shape index (κ2) is 15.0. The number of methoxy groups -OCH3 is 1. The Hall–Kier alpha value is -1.88.